The maximum absolute atomic E-state index is 13.2. The summed E-state index contributed by atoms with van der Waals surface area (Å²) >= 11 is 4.98. The molecule has 0 aliphatic rings. The minimum absolute atomic E-state index is 0.0924. The number of halogens is 2. The first kappa shape index (κ1) is 13.7. The molecule has 2 N–H and O–H groups in total. The van der Waals surface area contributed by atoms with Crippen molar-refractivity contribution in [3.8, 4) is 0 Å². The van der Waals surface area contributed by atoms with Crippen molar-refractivity contribution >= 4 is 27.3 Å². The quantitative estimate of drug-likeness (QED) is 0.881. The van der Waals surface area contributed by atoms with Crippen LogP contribution in [0.1, 0.15) is 28.3 Å². The number of hydrogen-bond acceptors (Lipinski definition) is 2. The zero-order valence-corrected chi connectivity index (χ0v) is 12.5. The topological polar surface area (TPSA) is 26.0 Å². The number of thiophene rings is 1. The van der Waals surface area contributed by atoms with Gasteiger partial charge >= 0.3 is 0 Å². The van der Waals surface area contributed by atoms with Crippen molar-refractivity contribution in [3.05, 3.63) is 55.9 Å². The van der Waals surface area contributed by atoms with Gasteiger partial charge in [-0.25, -0.2) is 4.39 Å². The van der Waals surface area contributed by atoms with Crippen LogP contribution >= 0.6 is 27.3 Å². The molecule has 2 rings (SSSR count). The Morgan fingerprint density at radius 1 is 1.28 bits per heavy atom. The van der Waals surface area contributed by atoms with Crippen LogP contribution in [0, 0.1) is 5.82 Å². The van der Waals surface area contributed by atoms with E-state index in [-0.39, 0.29) is 11.9 Å². The van der Waals surface area contributed by atoms with Crippen molar-refractivity contribution in [2.24, 2.45) is 5.73 Å². The van der Waals surface area contributed by atoms with Crippen LogP contribution in [-0.2, 0) is 12.8 Å². The molecule has 1 nitrogen and oxygen atoms in total. The maximum Gasteiger partial charge on any atom is 0.137 e. The molecule has 2 aromatic rings. The van der Waals surface area contributed by atoms with E-state index in [1.54, 1.807) is 23.5 Å². The lowest BCUT2D eigenvalue weighted by Gasteiger charge is -2.11. The summed E-state index contributed by atoms with van der Waals surface area (Å²) < 4.78 is 13.6. The third-order valence-corrected chi connectivity index (χ3v) is 4.72. The molecule has 18 heavy (non-hydrogen) atoms. The number of hydrogen-bond donors (Lipinski definition) is 1. The highest BCUT2D eigenvalue weighted by molar-refractivity contribution is 9.10. The van der Waals surface area contributed by atoms with E-state index in [1.807, 2.05) is 0 Å². The number of benzene rings is 1. The van der Waals surface area contributed by atoms with Gasteiger partial charge < -0.3 is 5.73 Å². The summed E-state index contributed by atoms with van der Waals surface area (Å²) in [5.41, 5.74) is 7.11. The molecule has 4 heteroatoms. The Balaban J connectivity index is 2.11. The number of rotatable bonds is 4. The lowest BCUT2D eigenvalue weighted by molar-refractivity contribution is 0.617. The molecule has 0 aliphatic carbocycles. The lowest BCUT2D eigenvalue weighted by Crippen LogP contribution is -2.12. The molecule has 96 valence electrons. The van der Waals surface area contributed by atoms with E-state index >= 15 is 0 Å². The number of nitrogens with two attached hydrogens (primary N) is 1. The Morgan fingerprint density at radius 2 is 2.00 bits per heavy atom. The van der Waals surface area contributed by atoms with Crippen LogP contribution in [0.4, 0.5) is 4.39 Å². The van der Waals surface area contributed by atoms with Crippen molar-refractivity contribution in [1.82, 2.24) is 0 Å². The van der Waals surface area contributed by atoms with Gasteiger partial charge in [-0.05, 0) is 52.2 Å². The molecule has 1 atom stereocenters. The first-order valence-corrected chi connectivity index (χ1v) is 7.49. The lowest BCUT2D eigenvalue weighted by atomic mass is 10.0. The Kier molecular flexibility index (Phi) is 4.54. The molecule has 1 unspecified atom stereocenters. The molecule has 0 bridgehead atoms. The zero-order chi connectivity index (χ0) is 13.1. The minimum atomic E-state index is -0.254. The molecule has 0 saturated heterocycles. The zero-order valence-electron chi connectivity index (χ0n) is 10.1. The average molecular weight is 328 g/mol. The van der Waals surface area contributed by atoms with Gasteiger partial charge in [0.2, 0.25) is 0 Å². The average Bonchev–Trinajstić information content (AvgIpc) is 2.80. The van der Waals surface area contributed by atoms with Gasteiger partial charge in [0, 0.05) is 22.2 Å². The van der Waals surface area contributed by atoms with Gasteiger partial charge in [-0.1, -0.05) is 13.0 Å². The van der Waals surface area contributed by atoms with Crippen molar-refractivity contribution < 1.29 is 4.39 Å². The Labute approximate surface area is 119 Å². The van der Waals surface area contributed by atoms with Crippen molar-refractivity contribution in [3.63, 3.8) is 0 Å². The van der Waals surface area contributed by atoms with Gasteiger partial charge in [-0.3, -0.25) is 0 Å². The van der Waals surface area contributed by atoms with E-state index in [0.29, 0.717) is 4.47 Å². The van der Waals surface area contributed by atoms with Gasteiger partial charge in [-0.15, -0.1) is 11.3 Å². The molecule has 0 aliphatic heterocycles. The van der Waals surface area contributed by atoms with Crippen molar-refractivity contribution in [1.29, 1.82) is 0 Å². The molecule has 1 aromatic carbocycles. The molecule has 0 saturated carbocycles. The summed E-state index contributed by atoms with van der Waals surface area (Å²) in [7, 11) is 0. The van der Waals surface area contributed by atoms with Crippen molar-refractivity contribution in [2.45, 2.75) is 25.8 Å². The molecule has 0 amide bonds. The fourth-order valence-electron chi connectivity index (χ4n) is 1.80. The van der Waals surface area contributed by atoms with Gasteiger partial charge in [0.25, 0.3) is 0 Å². The summed E-state index contributed by atoms with van der Waals surface area (Å²) in [5.74, 6) is -0.254. The molecular weight excluding hydrogens is 313 g/mol. The van der Waals surface area contributed by atoms with Crippen LogP contribution in [0.3, 0.4) is 0 Å². The Bertz CT molecular complexity index is 538. The standard InChI is InChI=1S/C14H15BrFNS/c1-2-10-4-5-11(18-10)8-14(17)9-3-6-13(16)12(15)7-9/h3-7,14H,2,8,17H2,1H3. The largest absolute Gasteiger partial charge is 0.324 e. The minimum Gasteiger partial charge on any atom is -0.324 e. The summed E-state index contributed by atoms with van der Waals surface area (Å²) in [6.07, 6.45) is 1.85. The van der Waals surface area contributed by atoms with Gasteiger partial charge in [-0.2, -0.15) is 0 Å². The molecule has 1 heterocycles. The van der Waals surface area contributed by atoms with Gasteiger partial charge in [0.15, 0.2) is 0 Å². The second-order valence-electron chi connectivity index (χ2n) is 4.21. The second kappa shape index (κ2) is 5.95. The highest BCUT2D eigenvalue weighted by atomic mass is 79.9. The molecule has 0 radical (unpaired) electrons. The third-order valence-electron chi connectivity index (χ3n) is 2.86. The van der Waals surface area contributed by atoms with E-state index in [0.717, 1.165) is 18.4 Å². The fraction of sp³-hybridized carbons (Fsp3) is 0.286. The first-order valence-electron chi connectivity index (χ1n) is 5.88. The third kappa shape index (κ3) is 3.19. The predicted octanol–water partition coefficient (Wildman–Crippen LogP) is 4.45. The Morgan fingerprint density at radius 3 is 2.61 bits per heavy atom. The summed E-state index contributed by atoms with van der Waals surface area (Å²) in [6.45, 7) is 2.15. The van der Waals surface area contributed by atoms with Crippen molar-refractivity contribution in [2.75, 3.05) is 0 Å². The molecule has 1 aromatic heterocycles. The van der Waals surface area contributed by atoms with Gasteiger partial charge in [0.05, 0.1) is 4.47 Å². The summed E-state index contributed by atoms with van der Waals surface area (Å²) in [5, 5.41) is 0. The molecular formula is C14H15BrFNS. The van der Waals surface area contributed by atoms with E-state index in [2.05, 4.69) is 35.0 Å². The van der Waals surface area contributed by atoms with E-state index in [1.165, 1.54) is 15.8 Å². The van der Waals surface area contributed by atoms with Crippen LogP contribution < -0.4 is 5.73 Å². The molecule has 0 fully saturated rings. The van der Waals surface area contributed by atoms with Crippen LogP contribution in [0.2, 0.25) is 0 Å². The van der Waals surface area contributed by atoms with Crippen LogP contribution in [0.15, 0.2) is 34.8 Å². The first-order chi connectivity index (χ1) is 8.60. The SMILES string of the molecule is CCc1ccc(CC(N)c2ccc(F)c(Br)c2)s1. The van der Waals surface area contributed by atoms with Gasteiger partial charge in [0.1, 0.15) is 5.82 Å². The summed E-state index contributed by atoms with van der Waals surface area (Å²) in [6, 6.07) is 9.14. The van der Waals surface area contributed by atoms with Crippen LogP contribution in [-0.4, -0.2) is 0 Å². The predicted molar refractivity (Wildman–Crippen MR) is 78.4 cm³/mol. The molecule has 0 spiro atoms. The highest BCUT2D eigenvalue weighted by Gasteiger charge is 2.10. The summed E-state index contributed by atoms with van der Waals surface area (Å²) in [4.78, 5) is 2.65. The van der Waals surface area contributed by atoms with E-state index in [9.17, 15) is 4.39 Å². The van der Waals surface area contributed by atoms with Crippen LogP contribution in [0.5, 0.6) is 0 Å². The maximum atomic E-state index is 13.2. The fourth-order valence-corrected chi connectivity index (χ4v) is 3.21. The van der Waals surface area contributed by atoms with E-state index in [4.69, 9.17) is 5.73 Å². The van der Waals surface area contributed by atoms with Crippen LogP contribution in [0.25, 0.3) is 0 Å². The Hall–Kier alpha value is -0.710. The number of aryl methyl sites for hydroxylation is 1. The highest BCUT2D eigenvalue weighted by Crippen LogP contribution is 2.25. The van der Waals surface area contributed by atoms with E-state index < -0.39 is 0 Å². The second-order valence-corrected chi connectivity index (χ2v) is 6.31. The smallest absolute Gasteiger partial charge is 0.137 e. The monoisotopic (exact) mass is 327 g/mol. The normalized spacial score (nSPS) is 12.7.